The lowest BCUT2D eigenvalue weighted by atomic mass is 9.97. The van der Waals surface area contributed by atoms with Crippen LogP contribution >= 0.6 is 0 Å². The predicted octanol–water partition coefficient (Wildman–Crippen LogP) is 2.23. The average Bonchev–Trinajstić information content (AvgIpc) is 2.98. The van der Waals surface area contributed by atoms with Crippen LogP contribution in [0.25, 0.3) is 0 Å². The number of esters is 1. The number of sulfonamides is 1. The molecule has 0 spiro atoms. The summed E-state index contributed by atoms with van der Waals surface area (Å²) in [5.74, 6) is -0.904. The highest BCUT2D eigenvalue weighted by molar-refractivity contribution is 7.89. The zero-order valence-electron chi connectivity index (χ0n) is 18.4. The summed E-state index contributed by atoms with van der Waals surface area (Å²) in [5, 5.41) is 0. The molecule has 168 valence electrons. The van der Waals surface area contributed by atoms with Crippen LogP contribution in [0.3, 0.4) is 0 Å². The standard InChI is InChI=1S/C21H33N3O5S/c1-5-29-21(26)18-15(2)22(4)16(3)19(18)30(27,28)24-13-9-10-17(14-24)20(25)23-11-7-6-8-12-23/h17H,5-14H2,1-4H3. The van der Waals surface area contributed by atoms with E-state index in [1.807, 2.05) is 4.90 Å². The highest BCUT2D eigenvalue weighted by atomic mass is 32.2. The van der Waals surface area contributed by atoms with E-state index < -0.39 is 16.0 Å². The van der Waals surface area contributed by atoms with Crippen LogP contribution in [-0.4, -0.2) is 66.9 Å². The number of carbonyl (C=O) groups is 2. The van der Waals surface area contributed by atoms with Crippen molar-refractivity contribution in [3.05, 3.63) is 17.0 Å². The molecule has 1 amide bonds. The van der Waals surface area contributed by atoms with E-state index in [-0.39, 0.29) is 35.4 Å². The van der Waals surface area contributed by atoms with Gasteiger partial charge in [-0.25, -0.2) is 13.2 Å². The second kappa shape index (κ2) is 9.09. The Balaban J connectivity index is 1.91. The summed E-state index contributed by atoms with van der Waals surface area (Å²) in [5.41, 5.74) is 1.16. The number of amides is 1. The summed E-state index contributed by atoms with van der Waals surface area (Å²) >= 11 is 0. The van der Waals surface area contributed by atoms with Crippen molar-refractivity contribution >= 4 is 21.9 Å². The van der Waals surface area contributed by atoms with Crippen molar-refractivity contribution in [1.82, 2.24) is 13.8 Å². The van der Waals surface area contributed by atoms with Gasteiger partial charge in [0.05, 0.1) is 12.5 Å². The third kappa shape index (κ3) is 4.14. The first-order chi connectivity index (χ1) is 14.2. The van der Waals surface area contributed by atoms with Crippen LogP contribution < -0.4 is 0 Å². The molecule has 0 N–H and O–H groups in total. The summed E-state index contributed by atoms with van der Waals surface area (Å²) in [6, 6.07) is 0. The predicted molar refractivity (Wildman–Crippen MR) is 113 cm³/mol. The van der Waals surface area contributed by atoms with Gasteiger partial charge in [0.1, 0.15) is 10.5 Å². The molecule has 0 radical (unpaired) electrons. The molecule has 2 aliphatic heterocycles. The van der Waals surface area contributed by atoms with Gasteiger partial charge in [0.2, 0.25) is 15.9 Å². The van der Waals surface area contributed by atoms with Crippen LogP contribution in [0.15, 0.2) is 4.90 Å². The number of ether oxygens (including phenoxy) is 1. The molecule has 3 heterocycles. The number of carbonyl (C=O) groups excluding carboxylic acids is 2. The monoisotopic (exact) mass is 439 g/mol. The van der Waals surface area contributed by atoms with Crippen LogP contribution in [0.1, 0.15) is 60.8 Å². The number of piperidine rings is 2. The van der Waals surface area contributed by atoms with Gasteiger partial charge in [-0.15, -0.1) is 0 Å². The maximum Gasteiger partial charge on any atom is 0.341 e. The molecule has 2 saturated heterocycles. The number of aromatic nitrogens is 1. The van der Waals surface area contributed by atoms with Gasteiger partial charge in [-0.3, -0.25) is 4.79 Å². The third-order valence-corrected chi connectivity index (χ3v) is 8.43. The van der Waals surface area contributed by atoms with E-state index >= 15 is 0 Å². The Hall–Kier alpha value is -1.87. The van der Waals surface area contributed by atoms with Gasteiger partial charge in [0.15, 0.2) is 0 Å². The summed E-state index contributed by atoms with van der Waals surface area (Å²) in [6.45, 7) is 7.30. The number of likely N-dealkylation sites (tertiary alicyclic amines) is 1. The van der Waals surface area contributed by atoms with Crippen molar-refractivity contribution < 1.29 is 22.7 Å². The molecule has 8 nitrogen and oxygen atoms in total. The first kappa shape index (κ1) is 22.8. The number of hydrogen-bond donors (Lipinski definition) is 0. The van der Waals surface area contributed by atoms with Gasteiger partial charge < -0.3 is 14.2 Å². The van der Waals surface area contributed by atoms with Crippen LogP contribution in [-0.2, 0) is 26.6 Å². The zero-order valence-corrected chi connectivity index (χ0v) is 19.3. The Kier molecular flexibility index (Phi) is 6.91. The maximum absolute atomic E-state index is 13.6. The maximum atomic E-state index is 13.6. The van der Waals surface area contributed by atoms with E-state index in [2.05, 4.69) is 0 Å². The lowest BCUT2D eigenvalue weighted by molar-refractivity contribution is -0.137. The molecule has 9 heteroatoms. The molecule has 1 unspecified atom stereocenters. The molecule has 2 aliphatic rings. The van der Waals surface area contributed by atoms with Gasteiger partial charge >= 0.3 is 5.97 Å². The zero-order chi connectivity index (χ0) is 22.1. The van der Waals surface area contributed by atoms with Crippen LogP contribution in [0.4, 0.5) is 0 Å². The minimum absolute atomic E-state index is 0.00650. The molecule has 1 atom stereocenters. The first-order valence-corrected chi connectivity index (χ1v) is 12.3. The minimum atomic E-state index is -3.94. The van der Waals surface area contributed by atoms with E-state index in [1.165, 1.54) is 4.31 Å². The van der Waals surface area contributed by atoms with Crippen molar-refractivity contribution in [3.63, 3.8) is 0 Å². The molecular formula is C21H33N3O5S. The Morgan fingerprint density at radius 1 is 1.03 bits per heavy atom. The third-order valence-electron chi connectivity index (χ3n) is 6.40. The molecule has 1 aromatic heterocycles. The molecule has 1 aromatic rings. The normalized spacial score (nSPS) is 20.9. The van der Waals surface area contributed by atoms with Gasteiger partial charge in [0, 0.05) is 44.6 Å². The molecule has 0 aliphatic carbocycles. The van der Waals surface area contributed by atoms with Crippen LogP contribution in [0, 0.1) is 19.8 Å². The van der Waals surface area contributed by atoms with Crippen molar-refractivity contribution in [2.24, 2.45) is 13.0 Å². The van der Waals surface area contributed by atoms with Crippen LogP contribution in [0.5, 0.6) is 0 Å². The van der Waals surface area contributed by atoms with Crippen molar-refractivity contribution in [3.8, 4) is 0 Å². The molecule has 2 fully saturated rings. The summed E-state index contributed by atoms with van der Waals surface area (Å²) in [6.07, 6.45) is 4.47. The highest BCUT2D eigenvalue weighted by Crippen LogP contribution is 2.32. The van der Waals surface area contributed by atoms with Gasteiger partial charge in [0.25, 0.3) is 0 Å². The summed E-state index contributed by atoms with van der Waals surface area (Å²) in [4.78, 5) is 27.4. The molecule has 0 saturated carbocycles. The molecule has 0 aromatic carbocycles. The van der Waals surface area contributed by atoms with Crippen molar-refractivity contribution in [2.45, 2.75) is 57.8 Å². The summed E-state index contributed by atoms with van der Waals surface area (Å²) in [7, 11) is -2.20. The summed E-state index contributed by atoms with van der Waals surface area (Å²) < 4.78 is 35.5. The number of hydrogen-bond acceptors (Lipinski definition) is 5. The largest absolute Gasteiger partial charge is 0.462 e. The molecule has 3 rings (SSSR count). The molecular weight excluding hydrogens is 406 g/mol. The lowest BCUT2D eigenvalue weighted by Gasteiger charge is -2.35. The highest BCUT2D eigenvalue weighted by Gasteiger charge is 2.39. The second-order valence-corrected chi connectivity index (χ2v) is 10.1. The fourth-order valence-corrected chi connectivity index (χ4v) is 6.54. The van der Waals surface area contributed by atoms with E-state index in [4.69, 9.17) is 4.74 Å². The fraction of sp³-hybridized carbons (Fsp3) is 0.714. The smallest absolute Gasteiger partial charge is 0.341 e. The lowest BCUT2D eigenvalue weighted by Crippen LogP contribution is -2.48. The van der Waals surface area contributed by atoms with Gasteiger partial charge in [-0.05, 0) is 52.9 Å². The Morgan fingerprint density at radius 2 is 1.70 bits per heavy atom. The van der Waals surface area contributed by atoms with E-state index in [0.29, 0.717) is 30.8 Å². The topological polar surface area (TPSA) is 88.9 Å². The van der Waals surface area contributed by atoms with Crippen molar-refractivity contribution in [2.75, 3.05) is 32.8 Å². The van der Waals surface area contributed by atoms with Gasteiger partial charge in [-0.1, -0.05) is 0 Å². The second-order valence-electron chi connectivity index (χ2n) is 8.24. The number of nitrogens with zero attached hydrogens (tertiary/aromatic N) is 3. The van der Waals surface area contributed by atoms with Gasteiger partial charge in [-0.2, -0.15) is 4.31 Å². The Bertz CT molecular complexity index is 916. The minimum Gasteiger partial charge on any atom is -0.462 e. The van der Waals surface area contributed by atoms with E-state index in [0.717, 1.165) is 32.4 Å². The Labute approximate surface area is 179 Å². The van der Waals surface area contributed by atoms with Crippen molar-refractivity contribution in [1.29, 1.82) is 0 Å². The Morgan fingerprint density at radius 3 is 2.33 bits per heavy atom. The average molecular weight is 440 g/mol. The van der Waals surface area contributed by atoms with E-state index in [9.17, 15) is 18.0 Å². The van der Waals surface area contributed by atoms with E-state index in [1.54, 1.807) is 32.4 Å². The SMILES string of the molecule is CCOC(=O)c1c(S(=O)(=O)N2CCCC(C(=O)N3CCCCC3)C2)c(C)n(C)c1C. The fourth-order valence-electron chi connectivity index (χ4n) is 4.54. The van der Waals surface area contributed by atoms with Crippen LogP contribution in [0.2, 0.25) is 0 Å². The first-order valence-electron chi connectivity index (χ1n) is 10.8. The quantitative estimate of drug-likeness (QED) is 0.657. The molecule has 0 bridgehead atoms. The molecule has 30 heavy (non-hydrogen) atoms. The number of rotatable bonds is 5.